The van der Waals surface area contributed by atoms with E-state index >= 15 is 0 Å². The molecule has 1 aromatic heterocycles. The van der Waals surface area contributed by atoms with Gasteiger partial charge in [0.1, 0.15) is 0 Å². The van der Waals surface area contributed by atoms with Crippen LogP contribution in [0.15, 0.2) is 67.0 Å². The molecular formula is C16H11ClN2O. The summed E-state index contributed by atoms with van der Waals surface area (Å²) in [5, 5.41) is 0.527. The lowest BCUT2D eigenvalue weighted by atomic mass is 10.0. The number of hydrogen-bond donors (Lipinski definition) is 0. The van der Waals surface area contributed by atoms with Gasteiger partial charge < -0.3 is 4.74 Å². The third-order valence-corrected chi connectivity index (χ3v) is 3.08. The largest absolute Gasteiger partial charge is 0.422 e. The number of nitrogens with zero attached hydrogens (tertiary/aromatic N) is 2. The molecule has 0 N–H and O–H groups in total. The smallest absolute Gasteiger partial charge is 0.321 e. The molecule has 98 valence electrons. The van der Waals surface area contributed by atoms with Gasteiger partial charge in [-0.05, 0) is 17.7 Å². The van der Waals surface area contributed by atoms with Gasteiger partial charge in [-0.15, -0.1) is 0 Å². The van der Waals surface area contributed by atoms with Crippen molar-refractivity contribution in [3.8, 4) is 22.9 Å². The second-order valence-corrected chi connectivity index (χ2v) is 4.52. The summed E-state index contributed by atoms with van der Waals surface area (Å²) in [5.74, 6) is 0.562. The molecule has 0 atom stereocenters. The van der Waals surface area contributed by atoms with E-state index in [1.165, 1.54) is 0 Å². The molecular weight excluding hydrogens is 272 g/mol. The van der Waals surface area contributed by atoms with E-state index in [2.05, 4.69) is 9.97 Å². The van der Waals surface area contributed by atoms with Crippen LogP contribution in [-0.4, -0.2) is 9.97 Å². The van der Waals surface area contributed by atoms with E-state index < -0.39 is 0 Å². The van der Waals surface area contributed by atoms with E-state index in [1.54, 1.807) is 24.5 Å². The van der Waals surface area contributed by atoms with Crippen molar-refractivity contribution in [2.45, 2.75) is 0 Å². The number of halogens is 1. The van der Waals surface area contributed by atoms with Gasteiger partial charge in [-0.1, -0.05) is 54.1 Å². The molecule has 0 saturated carbocycles. The maximum Gasteiger partial charge on any atom is 0.321 e. The normalized spacial score (nSPS) is 10.2. The average Bonchev–Trinajstić information content (AvgIpc) is 2.51. The summed E-state index contributed by atoms with van der Waals surface area (Å²) >= 11 is 6.25. The molecule has 0 spiro atoms. The van der Waals surface area contributed by atoms with Gasteiger partial charge in [-0.3, -0.25) is 0 Å². The summed E-state index contributed by atoms with van der Waals surface area (Å²) in [6.07, 6.45) is 3.25. The highest BCUT2D eigenvalue weighted by molar-refractivity contribution is 6.32. The molecule has 0 aliphatic rings. The van der Waals surface area contributed by atoms with Gasteiger partial charge in [-0.2, -0.15) is 0 Å². The Morgan fingerprint density at radius 2 is 1.55 bits per heavy atom. The molecule has 0 fully saturated rings. The Balaban J connectivity index is 2.06. The molecule has 0 saturated heterocycles. The van der Waals surface area contributed by atoms with Crippen LogP contribution in [0.4, 0.5) is 0 Å². The zero-order valence-corrected chi connectivity index (χ0v) is 11.3. The summed E-state index contributed by atoms with van der Waals surface area (Å²) in [5.41, 5.74) is 1.94. The molecule has 20 heavy (non-hydrogen) atoms. The van der Waals surface area contributed by atoms with Crippen LogP contribution in [0, 0.1) is 0 Å². The van der Waals surface area contributed by atoms with Crippen molar-refractivity contribution in [3.63, 3.8) is 0 Å². The minimum absolute atomic E-state index is 0.276. The molecule has 0 bridgehead atoms. The molecule has 0 amide bonds. The number of ether oxygens (including phenoxy) is 1. The van der Waals surface area contributed by atoms with Crippen molar-refractivity contribution >= 4 is 11.6 Å². The first-order valence-electron chi connectivity index (χ1n) is 6.13. The molecule has 3 nitrogen and oxygen atoms in total. The number of para-hydroxylation sites is 1. The summed E-state index contributed by atoms with van der Waals surface area (Å²) in [6, 6.07) is 17.6. The molecule has 0 aliphatic carbocycles. The topological polar surface area (TPSA) is 35.0 Å². The highest BCUT2D eigenvalue weighted by atomic mass is 35.5. The second-order valence-electron chi connectivity index (χ2n) is 4.12. The summed E-state index contributed by atoms with van der Waals surface area (Å²) in [7, 11) is 0. The third kappa shape index (κ3) is 2.63. The van der Waals surface area contributed by atoms with Crippen molar-refractivity contribution in [2.24, 2.45) is 0 Å². The Morgan fingerprint density at radius 1 is 0.800 bits per heavy atom. The van der Waals surface area contributed by atoms with Crippen LogP contribution in [0.3, 0.4) is 0 Å². The van der Waals surface area contributed by atoms with Crippen LogP contribution in [-0.2, 0) is 0 Å². The van der Waals surface area contributed by atoms with Gasteiger partial charge in [0.15, 0.2) is 5.75 Å². The average molecular weight is 283 g/mol. The Labute approximate surface area is 121 Å². The van der Waals surface area contributed by atoms with Crippen molar-refractivity contribution in [2.75, 3.05) is 0 Å². The van der Waals surface area contributed by atoms with E-state index in [4.69, 9.17) is 16.3 Å². The van der Waals surface area contributed by atoms with Gasteiger partial charge in [0, 0.05) is 18.0 Å². The lowest BCUT2D eigenvalue weighted by Crippen LogP contribution is -1.93. The van der Waals surface area contributed by atoms with Crippen LogP contribution >= 0.6 is 11.6 Å². The van der Waals surface area contributed by atoms with Crippen LogP contribution in [0.5, 0.6) is 11.8 Å². The summed E-state index contributed by atoms with van der Waals surface area (Å²) in [4.78, 5) is 8.12. The van der Waals surface area contributed by atoms with Crippen LogP contribution in [0.1, 0.15) is 0 Å². The minimum Gasteiger partial charge on any atom is -0.422 e. The first kappa shape index (κ1) is 12.6. The highest BCUT2D eigenvalue weighted by Crippen LogP contribution is 2.37. The molecule has 2 aromatic carbocycles. The Kier molecular flexibility index (Phi) is 3.61. The van der Waals surface area contributed by atoms with Gasteiger partial charge in [-0.25, -0.2) is 9.97 Å². The number of hydrogen-bond acceptors (Lipinski definition) is 3. The summed E-state index contributed by atoms with van der Waals surface area (Å²) in [6.45, 7) is 0. The van der Waals surface area contributed by atoms with Crippen LogP contribution in [0.25, 0.3) is 11.1 Å². The predicted octanol–water partition coefficient (Wildman–Crippen LogP) is 4.59. The number of rotatable bonds is 3. The van der Waals surface area contributed by atoms with E-state index in [9.17, 15) is 0 Å². The van der Waals surface area contributed by atoms with Gasteiger partial charge in [0.05, 0.1) is 5.02 Å². The minimum atomic E-state index is 0.276. The van der Waals surface area contributed by atoms with Crippen molar-refractivity contribution in [1.29, 1.82) is 0 Å². The summed E-state index contributed by atoms with van der Waals surface area (Å²) < 4.78 is 5.74. The van der Waals surface area contributed by atoms with E-state index in [0.717, 1.165) is 11.1 Å². The maximum atomic E-state index is 6.25. The fourth-order valence-corrected chi connectivity index (χ4v) is 2.10. The Hall–Kier alpha value is -2.39. The molecule has 0 aliphatic heterocycles. The van der Waals surface area contributed by atoms with Gasteiger partial charge >= 0.3 is 6.01 Å². The van der Waals surface area contributed by atoms with E-state index in [0.29, 0.717) is 10.8 Å². The molecule has 0 unspecified atom stereocenters. The van der Waals surface area contributed by atoms with Crippen molar-refractivity contribution in [3.05, 3.63) is 72.0 Å². The van der Waals surface area contributed by atoms with Gasteiger partial charge in [0.25, 0.3) is 0 Å². The second kappa shape index (κ2) is 5.72. The predicted molar refractivity (Wildman–Crippen MR) is 79.0 cm³/mol. The van der Waals surface area contributed by atoms with E-state index in [-0.39, 0.29) is 6.01 Å². The first-order valence-corrected chi connectivity index (χ1v) is 6.51. The lowest BCUT2D eigenvalue weighted by Gasteiger charge is -2.11. The first-order chi connectivity index (χ1) is 9.84. The van der Waals surface area contributed by atoms with Crippen LogP contribution in [0.2, 0.25) is 5.02 Å². The maximum absolute atomic E-state index is 6.25. The number of benzene rings is 2. The lowest BCUT2D eigenvalue weighted by molar-refractivity contribution is 0.443. The Bertz CT molecular complexity index is 702. The SMILES string of the molecule is Clc1cccc(-c2ccccc2)c1Oc1ncccn1. The standard InChI is InChI=1S/C16H11ClN2O/c17-14-9-4-8-13(12-6-2-1-3-7-12)15(14)20-16-18-10-5-11-19-16/h1-11H. The highest BCUT2D eigenvalue weighted by Gasteiger charge is 2.12. The fourth-order valence-electron chi connectivity index (χ4n) is 1.89. The Morgan fingerprint density at radius 3 is 2.30 bits per heavy atom. The van der Waals surface area contributed by atoms with Crippen LogP contribution < -0.4 is 4.74 Å². The molecule has 4 heteroatoms. The third-order valence-electron chi connectivity index (χ3n) is 2.79. The van der Waals surface area contributed by atoms with Gasteiger partial charge in [0.2, 0.25) is 0 Å². The monoisotopic (exact) mass is 282 g/mol. The molecule has 3 aromatic rings. The van der Waals surface area contributed by atoms with Crippen molar-refractivity contribution in [1.82, 2.24) is 9.97 Å². The fraction of sp³-hybridized carbons (Fsp3) is 0. The molecule has 1 heterocycles. The quantitative estimate of drug-likeness (QED) is 0.705. The number of aromatic nitrogens is 2. The molecule has 3 rings (SSSR count). The zero-order chi connectivity index (χ0) is 13.8. The van der Waals surface area contributed by atoms with Crippen molar-refractivity contribution < 1.29 is 4.74 Å². The molecule has 0 radical (unpaired) electrons. The van der Waals surface area contributed by atoms with E-state index in [1.807, 2.05) is 42.5 Å². The zero-order valence-electron chi connectivity index (χ0n) is 10.5.